The third kappa shape index (κ3) is 3.17. The van der Waals surface area contributed by atoms with Crippen LogP contribution in [0.25, 0.3) is 10.9 Å². The molecule has 0 radical (unpaired) electrons. The summed E-state index contributed by atoms with van der Waals surface area (Å²) in [5, 5.41) is 6.26. The van der Waals surface area contributed by atoms with E-state index in [0.29, 0.717) is 6.04 Å². The molecule has 0 saturated heterocycles. The Morgan fingerprint density at radius 3 is 2.52 bits per heavy atom. The number of aryl methyl sites for hydroxylation is 1. The second kappa shape index (κ2) is 7.65. The Morgan fingerprint density at radius 2 is 1.85 bits per heavy atom. The molecule has 0 N–H and O–H groups in total. The van der Waals surface area contributed by atoms with Crippen molar-refractivity contribution in [3.05, 3.63) is 29.5 Å². The number of hydrogen-bond acceptors (Lipinski definition) is 3. The van der Waals surface area contributed by atoms with Gasteiger partial charge in [0.05, 0.1) is 29.8 Å². The summed E-state index contributed by atoms with van der Waals surface area (Å²) in [5.74, 6) is -0.0685. The van der Waals surface area contributed by atoms with Crippen LogP contribution in [-0.2, 0) is 21.4 Å². The molecule has 0 atom stereocenters. The number of benzene rings is 1. The first-order valence-electron chi connectivity index (χ1n) is 10.8. The summed E-state index contributed by atoms with van der Waals surface area (Å²) in [5.41, 5.74) is 3.04. The maximum Gasteiger partial charge on any atom is 0.316 e. The SMILES string of the molecule is CCc1nn(C2CCCCC2)c2cc(C3(C(=O)OC)CCCCC3)ccc12. The van der Waals surface area contributed by atoms with Gasteiger partial charge in [-0.05, 0) is 43.7 Å². The van der Waals surface area contributed by atoms with Crippen LogP contribution >= 0.6 is 0 Å². The molecule has 1 aromatic carbocycles. The highest BCUT2D eigenvalue weighted by molar-refractivity contribution is 5.88. The zero-order valence-electron chi connectivity index (χ0n) is 16.8. The van der Waals surface area contributed by atoms with Crippen molar-refractivity contribution in [2.75, 3.05) is 7.11 Å². The number of ether oxygens (including phenoxy) is 1. The molecule has 1 aromatic heterocycles. The van der Waals surface area contributed by atoms with E-state index in [0.717, 1.165) is 37.7 Å². The molecule has 4 heteroatoms. The first-order valence-corrected chi connectivity index (χ1v) is 10.8. The monoisotopic (exact) mass is 368 g/mol. The number of nitrogens with zero attached hydrogens (tertiary/aromatic N) is 2. The molecule has 2 aliphatic rings. The molecular formula is C23H32N2O2. The van der Waals surface area contributed by atoms with E-state index in [2.05, 4.69) is 29.8 Å². The topological polar surface area (TPSA) is 44.1 Å². The molecule has 0 unspecified atom stereocenters. The second-order valence-corrected chi connectivity index (χ2v) is 8.40. The van der Waals surface area contributed by atoms with Crippen molar-refractivity contribution < 1.29 is 9.53 Å². The lowest BCUT2D eigenvalue weighted by atomic mass is 9.69. The highest BCUT2D eigenvalue weighted by Gasteiger charge is 2.42. The third-order valence-corrected chi connectivity index (χ3v) is 6.88. The molecule has 146 valence electrons. The van der Waals surface area contributed by atoms with E-state index < -0.39 is 5.41 Å². The Balaban J connectivity index is 1.83. The number of aromatic nitrogens is 2. The summed E-state index contributed by atoms with van der Waals surface area (Å²) in [6.45, 7) is 2.18. The third-order valence-electron chi connectivity index (χ3n) is 6.88. The van der Waals surface area contributed by atoms with Crippen LogP contribution in [0.4, 0.5) is 0 Å². The van der Waals surface area contributed by atoms with Crippen LogP contribution in [0.5, 0.6) is 0 Å². The van der Waals surface area contributed by atoms with E-state index >= 15 is 0 Å². The molecule has 0 bridgehead atoms. The van der Waals surface area contributed by atoms with Gasteiger partial charge >= 0.3 is 5.97 Å². The molecule has 27 heavy (non-hydrogen) atoms. The van der Waals surface area contributed by atoms with Gasteiger partial charge < -0.3 is 4.74 Å². The number of rotatable bonds is 4. The highest BCUT2D eigenvalue weighted by atomic mass is 16.5. The van der Waals surface area contributed by atoms with Crippen LogP contribution in [-0.4, -0.2) is 22.9 Å². The minimum absolute atomic E-state index is 0.0685. The van der Waals surface area contributed by atoms with Crippen molar-refractivity contribution >= 4 is 16.9 Å². The number of methoxy groups -OCH3 is 1. The first kappa shape index (κ1) is 18.5. The fourth-order valence-electron chi connectivity index (χ4n) is 5.33. The molecule has 0 aliphatic heterocycles. The van der Waals surface area contributed by atoms with Crippen LogP contribution in [0.1, 0.15) is 88.4 Å². The summed E-state index contributed by atoms with van der Waals surface area (Å²) < 4.78 is 7.55. The predicted octanol–water partition coefficient (Wildman–Crippen LogP) is 5.48. The fraction of sp³-hybridized carbons (Fsp3) is 0.652. The minimum atomic E-state index is -0.477. The Hall–Kier alpha value is -1.84. The summed E-state index contributed by atoms with van der Waals surface area (Å²) in [7, 11) is 1.53. The molecule has 2 fully saturated rings. The molecule has 2 saturated carbocycles. The summed E-state index contributed by atoms with van der Waals surface area (Å²) in [4.78, 5) is 12.8. The highest BCUT2D eigenvalue weighted by Crippen LogP contribution is 2.42. The molecule has 4 nitrogen and oxygen atoms in total. The molecule has 1 heterocycles. The van der Waals surface area contributed by atoms with E-state index in [1.165, 1.54) is 62.2 Å². The average Bonchev–Trinajstić information content (AvgIpc) is 3.12. The maximum atomic E-state index is 12.8. The molecule has 2 aliphatic carbocycles. The quantitative estimate of drug-likeness (QED) is 0.671. The second-order valence-electron chi connectivity index (χ2n) is 8.40. The van der Waals surface area contributed by atoms with Crippen molar-refractivity contribution in [3.63, 3.8) is 0 Å². The van der Waals surface area contributed by atoms with Gasteiger partial charge in [-0.2, -0.15) is 5.10 Å². The molecule has 2 aromatic rings. The zero-order valence-corrected chi connectivity index (χ0v) is 16.8. The lowest BCUT2D eigenvalue weighted by Crippen LogP contribution is -2.38. The maximum absolute atomic E-state index is 12.8. The van der Waals surface area contributed by atoms with Crippen LogP contribution in [0.15, 0.2) is 18.2 Å². The summed E-state index contributed by atoms with van der Waals surface area (Å²) >= 11 is 0. The Morgan fingerprint density at radius 1 is 1.15 bits per heavy atom. The van der Waals surface area contributed by atoms with Gasteiger partial charge in [-0.15, -0.1) is 0 Å². The number of fused-ring (bicyclic) bond motifs is 1. The van der Waals surface area contributed by atoms with E-state index in [4.69, 9.17) is 9.84 Å². The summed E-state index contributed by atoms with van der Waals surface area (Å²) in [6.07, 6.45) is 12.5. The molecule has 0 spiro atoms. The average molecular weight is 369 g/mol. The van der Waals surface area contributed by atoms with E-state index in [9.17, 15) is 4.79 Å². The predicted molar refractivity (Wildman–Crippen MR) is 108 cm³/mol. The van der Waals surface area contributed by atoms with Crippen molar-refractivity contribution in [3.8, 4) is 0 Å². The lowest BCUT2D eigenvalue weighted by molar-refractivity contribution is -0.149. The number of carbonyl (C=O) groups is 1. The van der Waals surface area contributed by atoms with Gasteiger partial charge in [0.2, 0.25) is 0 Å². The van der Waals surface area contributed by atoms with Crippen LogP contribution in [0, 0.1) is 0 Å². The van der Waals surface area contributed by atoms with Gasteiger partial charge in [-0.1, -0.05) is 57.6 Å². The van der Waals surface area contributed by atoms with Gasteiger partial charge in [0.15, 0.2) is 0 Å². The van der Waals surface area contributed by atoms with Crippen molar-refractivity contribution in [2.45, 2.75) is 89.0 Å². The lowest BCUT2D eigenvalue weighted by Gasteiger charge is -2.35. The van der Waals surface area contributed by atoms with Gasteiger partial charge in [0.1, 0.15) is 0 Å². The van der Waals surface area contributed by atoms with Crippen LogP contribution in [0.3, 0.4) is 0 Å². The van der Waals surface area contributed by atoms with Crippen LogP contribution < -0.4 is 0 Å². The first-order chi connectivity index (χ1) is 13.2. The summed E-state index contributed by atoms with van der Waals surface area (Å²) in [6, 6.07) is 7.13. The van der Waals surface area contributed by atoms with Gasteiger partial charge in [0, 0.05) is 5.39 Å². The Labute approximate surface area is 162 Å². The van der Waals surface area contributed by atoms with Crippen molar-refractivity contribution in [2.24, 2.45) is 0 Å². The Bertz CT molecular complexity index is 811. The van der Waals surface area contributed by atoms with Crippen LogP contribution in [0.2, 0.25) is 0 Å². The zero-order chi connectivity index (χ0) is 18.9. The van der Waals surface area contributed by atoms with Crippen molar-refractivity contribution in [1.29, 1.82) is 0 Å². The standard InChI is InChI=1S/C23H32N2O2/c1-3-20-19-13-12-17(23(22(26)27-2)14-8-5-9-15-23)16-21(19)25(24-20)18-10-6-4-7-11-18/h12-13,16,18H,3-11,14-15H2,1-2H3. The van der Waals surface area contributed by atoms with Gasteiger partial charge in [-0.3, -0.25) is 9.48 Å². The van der Waals surface area contributed by atoms with E-state index in [1.54, 1.807) is 0 Å². The van der Waals surface area contributed by atoms with Gasteiger partial charge in [-0.25, -0.2) is 0 Å². The number of esters is 1. The molecule has 4 rings (SSSR count). The molecule has 0 amide bonds. The molecular weight excluding hydrogens is 336 g/mol. The minimum Gasteiger partial charge on any atom is -0.468 e. The fourth-order valence-corrected chi connectivity index (χ4v) is 5.33. The van der Waals surface area contributed by atoms with Gasteiger partial charge in [0.25, 0.3) is 0 Å². The Kier molecular flexibility index (Phi) is 5.25. The normalized spacial score (nSPS) is 20.7. The largest absolute Gasteiger partial charge is 0.468 e. The van der Waals surface area contributed by atoms with Crippen molar-refractivity contribution in [1.82, 2.24) is 9.78 Å². The smallest absolute Gasteiger partial charge is 0.316 e. The number of carbonyl (C=O) groups excluding carboxylic acids is 1. The number of hydrogen-bond donors (Lipinski definition) is 0. The van der Waals surface area contributed by atoms with E-state index in [1.807, 2.05) is 0 Å². The van der Waals surface area contributed by atoms with E-state index in [-0.39, 0.29) is 5.97 Å².